The Balaban J connectivity index is 1.85. The van der Waals surface area contributed by atoms with Gasteiger partial charge in [-0.05, 0) is 63.7 Å². The monoisotopic (exact) mass is 564 g/mol. The first-order valence-corrected chi connectivity index (χ1v) is 13.4. The lowest BCUT2D eigenvalue weighted by molar-refractivity contribution is -0.137. The molecular weight excluding hydrogens is 525 g/mol. The van der Waals surface area contributed by atoms with Gasteiger partial charge < -0.3 is 25.4 Å². The van der Waals surface area contributed by atoms with E-state index in [0.29, 0.717) is 36.6 Å². The van der Waals surface area contributed by atoms with Gasteiger partial charge in [-0.3, -0.25) is 9.69 Å². The first-order chi connectivity index (χ1) is 18.8. The molecule has 3 rings (SSSR count). The van der Waals surface area contributed by atoms with Crippen molar-refractivity contribution in [2.45, 2.75) is 65.0 Å². The number of carbonyl (C=O) groups is 2. The number of likely N-dealkylation sites (N-methyl/N-ethyl adjacent to an activating group) is 1. The van der Waals surface area contributed by atoms with Gasteiger partial charge in [-0.25, -0.2) is 4.79 Å². The number of ether oxygens (including phenoxy) is 1. The Hall–Kier alpha value is -3.31. The fraction of sp³-hybridized carbons (Fsp3) is 0.517. The fourth-order valence-electron chi connectivity index (χ4n) is 4.64. The van der Waals surface area contributed by atoms with E-state index in [1.54, 1.807) is 30.0 Å². The number of urea groups is 1. The number of carbonyl (C=O) groups excluding carboxylic acids is 2. The third-order valence-electron chi connectivity index (χ3n) is 6.82. The average Bonchev–Trinajstić information content (AvgIpc) is 2.90. The minimum atomic E-state index is -4.39. The number of hydrogen-bond donors (Lipinski definition) is 3. The molecule has 40 heavy (non-hydrogen) atoms. The quantitative estimate of drug-likeness (QED) is 0.439. The summed E-state index contributed by atoms with van der Waals surface area (Å²) in [6.07, 6.45) is -4.73. The first kappa shape index (κ1) is 31.2. The van der Waals surface area contributed by atoms with Crippen LogP contribution in [0.4, 0.5) is 23.7 Å². The van der Waals surface area contributed by atoms with Gasteiger partial charge >= 0.3 is 12.2 Å². The lowest BCUT2D eigenvalue weighted by Crippen LogP contribution is -2.47. The number of benzene rings is 2. The number of fused-ring (bicyclic) bond motifs is 1. The van der Waals surface area contributed by atoms with Crippen LogP contribution in [-0.2, 0) is 23.9 Å². The van der Waals surface area contributed by atoms with Crippen LogP contribution < -0.4 is 15.4 Å². The van der Waals surface area contributed by atoms with Gasteiger partial charge in [0.1, 0.15) is 11.9 Å². The zero-order chi connectivity index (χ0) is 29.6. The number of aliphatic hydroxyl groups is 1. The Morgan fingerprint density at radius 3 is 2.45 bits per heavy atom. The molecule has 1 aliphatic heterocycles. The first-order valence-electron chi connectivity index (χ1n) is 13.4. The number of nitrogens with one attached hydrogen (secondary N) is 2. The van der Waals surface area contributed by atoms with Crippen LogP contribution in [-0.4, -0.2) is 71.8 Å². The molecule has 0 saturated carbocycles. The zero-order valence-corrected chi connectivity index (χ0v) is 23.6. The molecule has 220 valence electrons. The summed E-state index contributed by atoms with van der Waals surface area (Å²) in [4.78, 5) is 29.2. The summed E-state index contributed by atoms with van der Waals surface area (Å²) >= 11 is 0. The van der Waals surface area contributed by atoms with Gasteiger partial charge in [-0.1, -0.05) is 19.1 Å². The molecule has 0 unspecified atom stereocenters. The molecule has 2 aromatic carbocycles. The number of alkyl halides is 3. The molecule has 3 N–H and O–H groups in total. The SMILES string of the molecule is CC(C)NC(=O)Nc1ccc2c(c1)CC(=O)N([C@@H](C)CO)C[C@H](C)[C@H](CN(C)Cc1ccc(C(F)(F)F)cc1)O2. The lowest BCUT2D eigenvalue weighted by Gasteiger charge is -2.34. The van der Waals surface area contributed by atoms with E-state index >= 15 is 0 Å². The third kappa shape index (κ3) is 8.59. The summed E-state index contributed by atoms with van der Waals surface area (Å²) in [6, 6.07) is 9.43. The Labute approximate surface area is 233 Å². The summed E-state index contributed by atoms with van der Waals surface area (Å²) in [5.74, 6) is 0.218. The fourth-order valence-corrected chi connectivity index (χ4v) is 4.64. The van der Waals surface area contributed by atoms with Crippen LogP contribution in [0.3, 0.4) is 0 Å². The maximum atomic E-state index is 13.3. The lowest BCUT2D eigenvalue weighted by atomic mass is 10.0. The molecule has 1 heterocycles. The van der Waals surface area contributed by atoms with Crippen LogP contribution in [0.25, 0.3) is 0 Å². The van der Waals surface area contributed by atoms with E-state index in [-0.39, 0.29) is 43.0 Å². The highest BCUT2D eigenvalue weighted by Crippen LogP contribution is 2.31. The van der Waals surface area contributed by atoms with E-state index in [4.69, 9.17) is 4.74 Å². The van der Waals surface area contributed by atoms with Crippen LogP contribution in [0.1, 0.15) is 44.4 Å². The second kappa shape index (κ2) is 13.4. The molecule has 3 amide bonds. The Bertz CT molecular complexity index is 1160. The molecule has 0 fully saturated rings. The molecule has 1 aliphatic rings. The highest BCUT2D eigenvalue weighted by Gasteiger charge is 2.32. The van der Waals surface area contributed by atoms with Crippen LogP contribution >= 0.6 is 0 Å². The van der Waals surface area contributed by atoms with Crippen molar-refractivity contribution in [1.29, 1.82) is 0 Å². The number of nitrogens with zero attached hydrogens (tertiary/aromatic N) is 2. The number of aliphatic hydroxyl groups excluding tert-OH is 1. The maximum absolute atomic E-state index is 13.3. The van der Waals surface area contributed by atoms with Gasteiger partial charge in [-0.15, -0.1) is 0 Å². The molecule has 0 saturated heterocycles. The van der Waals surface area contributed by atoms with Crippen molar-refractivity contribution in [2.75, 3.05) is 32.1 Å². The Morgan fingerprint density at radius 1 is 1.18 bits per heavy atom. The molecule has 0 bridgehead atoms. The van der Waals surface area contributed by atoms with Crippen LogP contribution in [0.2, 0.25) is 0 Å². The van der Waals surface area contributed by atoms with Crippen molar-refractivity contribution in [2.24, 2.45) is 5.92 Å². The molecule has 3 atom stereocenters. The second-order valence-electron chi connectivity index (χ2n) is 10.9. The predicted octanol–water partition coefficient (Wildman–Crippen LogP) is 4.52. The van der Waals surface area contributed by atoms with Crippen molar-refractivity contribution in [3.05, 3.63) is 59.2 Å². The Kier molecular flexibility index (Phi) is 10.4. The molecule has 0 aliphatic carbocycles. The second-order valence-corrected chi connectivity index (χ2v) is 10.9. The van der Waals surface area contributed by atoms with Crippen molar-refractivity contribution in [1.82, 2.24) is 15.1 Å². The van der Waals surface area contributed by atoms with E-state index in [2.05, 4.69) is 10.6 Å². The summed E-state index contributed by atoms with van der Waals surface area (Å²) in [7, 11) is 1.86. The van der Waals surface area contributed by atoms with Gasteiger partial charge in [0, 0.05) is 42.8 Å². The van der Waals surface area contributed by atoms with Crippen molar-refractivity contribution >= 4 is 17.6 Å². The average molecular weight is 565 g/mol. The highest BCUT2D eigenvalue weighted by molar-refractivity contribution is 5.90. The zero-order valence-electron chi connectivity index (χ0n) is 23.6. The molecular formula is C29H39F3N4O4. The van der Waals surface area contributed by atoms with Crippen molar-refractivity contribution in [3.8, 4) is 5.75 Å². The summed E-state index contributed by atoms with van der Waals surface area (Å²) in [5.41, 5.74) is 1.15. The maximum Gasteiger partial charge on any atom is 0.416 e. The molecule has 0 aromatic heterocycles. The normalized spacial score (nSPS) is 18.9. The minimum Gasteiger partial charge on any atom is -0.488 e. The van der Waals surface area contributed by atoms with E-state index in [9.17, 15) is 27.9 Å². The summed E-state index contributed by atoms with van der Waals surface area (Å²) in [6.45, 7) is 8.46. The smallest absolute Gasteiger partial charge is 0.416 e. The van der Waals surface area contributed by atoms with Gasteiger partial charge in [0.15, 0.2) is 0 Å². The number of hydrogen-bond acceptors (Lipinski definition) is 5. The molecule has 0 spiro atoms. The van der Waals surface area contributed by atoms with Crippen molar-refractivity contribution < 1.29 is 32.6 Å². The standard InChI is InChI=1S/C29H39F3N4O4/c1-18(2)33-28(39)34-24-10-11-25-22(12-24)13-27(38)36(20(4)17-37)14-19(3)26(40-25)16-35(5)15-21-6-8-23(9-7-21)29(30,31)32/h6-12,18-20,26,37H,13-17H2,1-5H3,(H2,33,34,39)/t19-,20-,26-/m0/s1. The largest absolute Gasteiger partial charge is 0.488 e. The van der Waals surface area contributed by atoms with Gasteiger partial charge in [0.05, 0.1) is 24.6 Å². The van der Waals surface area contributed by atoms with Crippen LogP contribution in [0, 0.1) is 5.92 Å². The number of amides is 3. The summed E-state index contributed by atoms with van der Waals surface area (Å²) < 4.78 is 45.3. The molecule has 0 radical (unpaired) electrons. The predicted molar refractivity (Wildman–Crippen MR) is 147 cm³/mol. The minimum absolute atomic E-state index is 0.0296. The Morgan fingerprint density at radius 2 is 1.85 bits per heavy atom. The van der Waals surface area contributed by atoms with E-state index in [1.165, 1.54) is 12.1 Å². The van der Waals surface area contributed by atoms with Crippen LogP contribution in [0.5, 0.6) is 5.75 Å². The van der Waals surface area contributed by atoms with Gasteiger partial charge in [0.2, 0.25) is 5.91 Å². The highest BCUT2D eigenvalue weighted by atomic mass is 19.4. The van der Waals surface area contributed by atoms with E-state index in [0.717, 1.165) is 17.7 Å². The van der Waals surface area contributed by atoms with Crippen molar-refractivity contribution in [3.63, 3.8) is 0 Å². The number of rotatable bonds is 8. The third-order valence-corrected chi connectivity index (χ3v) is 6.82. The molecule has 8 nitrogen and oxygen atoms in total. The van der Waals surface area contributed by atoms with Crippen LogP contribution in [0.15, 0.2) is 42.5 Å². The van der Waals surface area contributed by atoms with Gasteiger partial charge in [0.25, 0.3) is 0 Å². The summed E-state index contributed by atoms with van der Waals surface area (Å²) in [5, 5.41) is 15.4. The topological polar surface area (TPSA) is 94.1 Å². The van der Waals surface area contributed by atoms with E-state index < -0.39 is 17.8 Å². The molecule has 11 heteroatoms. The number of halogens is 3. The molecule has 2 aromatic rings. The number of anilines is 1. The van der Waals surface area contributed by atoms with E-state index in [1.807, 2.05) is 32.7 Å². The van der Waals surface area contributed by atoms with Gasteiger partial charge in [-0.2, -0.15) is 13.2 Å².